The predicted molar refractivity (Wildman–Crippen MR) is 137 cm³/mol. The van der Waals surface area contributed by atoms with E-state index in [9.17, 15) is 4.79 Å². The van der Waals surface area contributed by atoms with Gasteiger partial charge >= 0.3 is 0 Å². The second-order valence-electron chi connectivity index (χ2n) is 8.92. The highest BCUT2D eigenvalue weighted by atomic mass is 32.1. The van der Waals surface area contributed by atoms with Crippen LogP contribution >= 0.6 is 12.2 Å². The fourth-order valence-corrected chi connectivity index (χ4v) is 5.47. The molecule has 7 heteroatoms. The van der Waals surface area contributed by atoms with Gasteiger partial charge in [0.05, 0.1) is 13.2 Å². The van der Waals surface area contributed by atoms with Gasteiger partial charge in [-0.05, 0) is 62.8 Å². The molecule has 0 aliphatic carbocycles. The Kier molecular flexibility index (Phi) is 5.44. The summed E-state index contributed by atoms with van der Waals surface area (Å²) in [5.74, 6) is 0.470. The summed E-state index contributed by atoms with van der Waals surface area (Å²) in [7, 11) is 1.61. The van der Waals surface area contributed by atoms with Gasteiger partial charge in [-0.15, -0.1) is 0 Å². The van der Waals surface area contributed by atoms with E-state index in [2.05, 4.69) is 16.7 Å². The van der Waals surface area contributed by atoms with Crippen LogP contribution in [-0.2, 0) is 4.79 Å². The van der Waals surface area contributed by atoms with Crippen LogP contribution < -0.4 is 25.0 Å². The average molecular weight is 474 g/mol. The van der Waals surface area contributed by atoms with Crippen LogP contribution in [0.2, 0.25) is 0 Å². The van der Waals surface area contributed by atoms with Crippen LogP contribution in [0.1, 0.15) is 29.7 Å². The Hall–Kier alpha value is -3.58. The van der Waals surface area contributed by atoms with Crippen LogP contribution in [0.5, 0.6) is 11.5 Å². The molecule has 0 saturated carbocycles. The maximum atomic E-state index is 13.9. The van der Waals surface area contributed by atoms with Crippen molar-refractivity contribution in [2.75, 3.05) is 17.3 Å². The van der Waals surface area contributed by atoms with E-state index in [0.717, 1.165) is 28.1 Å². The lowest BCUT2D eigenvalue weighted by Crippen LogP contribution is -2.72. The second-order valence-corrected chi connectivity index (χ2v) is 9.31. The molecular formula is C27H27N3O3S. The van der Waals surface area contributed by atoms with Crippen molar-refractivity contribution >= 4 is 34.6 Å². The highest BCUT2D eigenvalue weighted by Crippen LogP contribution is 2.52. The van der Waals surface area contributed by atoms with Gasteiger partial charge < -0.3 is 20.1 Å². The molecule has 1 amide bonds. The molecule has 2 aliphatic rings. The van der Waals surface area contributed by atoms with Crippen molar-refractivity contribution in [3.8, 4) is 11.5 Å². The Labute approximate surface area is 204 Å². The Balaban J connectivity index is 1.64. The first-order valence-corrected chi connectivity index (χ1v) is 11.6. The lowest BCUT2D eigenvalue weighted by molar-refractivity contribution is -0.130. The van der Waals surface area contributed by atoms with E-state index in [1.807, 2.05) is 86.3 Å². The molecule has 0 radical (unpaired) electrons. The molecule has 0 aromatic heterocycles. The number of amides is 1. The average Bonchev–Trinajstić information content (AvgIpc) is 2.80. The number of nitrogens with zero attached hydrogens (tertiary/aromatic N) is 1. The van der Waals surface area contributed by atoms with Crippen molar-refractivity contribution in [3.05, 3.63) is 83.4 Å². The zero-order valence-corrected chi connectivity index (χ0v) is 20.4. The number of methoxy groups -OCH3 is 1. The zero-order chi connectivity index (χ0) is 24.0. The number of fused-ring (bicyclic) bond motifs is 4. The van der Waals surface area contributed by atoms with Gasteiger partial charge in [0.2, 0.25) is 5.91 Å². The summed E-state index contributed by atoms with van der Waals surface area (Å²) in [5, 5.41) is 7.08. The number of rotatable bonds is 4. The molecule has 2 bridgehead atoms. The Morgan fingerprint density at radius 3 is 2.59 bits per heavy atom. The van der Waals surface area contributed by atoms with Crippen LogP contribution in [0.4, 0.5) is 11.4 Å². The molecule has 3 aromatic rings. The van der Waals surface area contributed by atoms with E-state index >= 15 is 0 Å². The summed E-state index contributed by atoms with van der Waals surface area (Å²) < 4.78 is 12.3. The van der Waals surface area contributed by atoms with Crippen LogP contribution in [0.3, 0.4) is 0 Å². The van der Waals surface area contributed by atoms with Crippen molar-refractivity contribution in [3.63, 3.8) is 0 Å². The second kappa shape index (κ2) is 8.33. The first-order chi connectivity index (χ1) is 16.3. The first-order valence-electron chi connectivity index (χ1n) is 11.2. The SMILES string of the molecule is COc1cccc2c1O[C@]1(C)[C@@H](C(=O)Nc3ccc(C)cc3C)[C@@H]2NC(=S)N1c1ccccc1. The quantitative estimate of drug-likeness (QED) is 0.514. The molecule has 0 spiro atoms. The predicted octanol–water partition coefficient (Wildman–Crippen LogP) is 5.11. The van der Waals surface area contributed by atoms with E-state index in [0.29, 0.717) is 16.6 Å². The number of para-hydroxylation sites is 2. The standard InChI is InChI=1S/C27H27N3O3S/c1-16-13-14-20(17(2)15-16)28-25(31)22-23-19-11-8-12-21(32-4)24(19)33-27(22,3)30(26(34)29-23)18-9-6-5-7-10-18/h5-15,22-23H,1-4H3,(H,28,31)(H,29,34)/t22-,23-,27-/m1/s1. The van der Waals surface area contributed by atoms with E-state index in [-0.39, 0.29) is 11.9 Å². The molecule has 34 heavy (non-hydrogen) atoms. The number of hydrogen-bond donors (Lipinski definition) is 2. The van der Waals surface area contributed by atoms with E-state index in [4.69, 9.17) is 21.7 Å². The third kappa shape index (κ3) is 3.47. The molecule has 5 rings (SSSR count). The summed E-state index contributed by atoms with van der Waals surface area (Å²) in [6, 6.07) is 21.1. The fraction of sp³-hybridized carbons (Fsp3) is 0.259. The number of aryl methyl sites for hydroxylation is 2. The van der Waals surface area contributed by atoms with Crippen LogP contribution in [0.25, 0.3) is 0 Å². The zero-order valence-electron chi connectivity index (χ0n) is 19.6. The largest absolute Gasteiger partial charge is 0.493 e. The van der Waals surface area contributed by atoms with Gasteiger partial charge in [0, 0.05) is 16.9 Å². The maximum absolute atomic E-state index is 13.9. The highest BCUT2D eigenvalue weighted by Gasteiger charge is 2.59. The summed E-state index contributed by atoms with van der Waals surface area (Å²) in [6.45, 7) is 5.94. The van der Waals surface area contributed by atoms with Gasteiger partial charge in [-0.3, -0.25) is 9.69 Å². The minimum absolute atomic E-state index is 0.149. The molecule has 3 aromatic carbocycles. The number of thiocarbonyl (C=S) groups is 1. The van der Waals surface area contributed by atoms with E-state index < -0.39 is 11.6 Å². The molecule has 1 fully saturated rings. The summed E-state index contributed by atoms with van der Waals surface area (Å²) in [6.07, 6.45) is 0. The smallest absolute Gasteiger partial charge is 0.236 e. The number of benzene rings is 3. The summed E-state index contributed by atoms with van der Waals surface area (Å²) >= 11 is 5.80. The van der Waals surface area contributed by atoms with Gasteiger partial charge in [0.1, 0.15) is 5.92 Å². The van der Waals surface area contributed by atoms with Gasteiger partial charge in [-0.1, -0.05) is 48.0 Å². The molecule has 174 valence electrons. The lowest BCUT2D eigenvalue weighted by atomic mass is 9.78. The number of carbonyl (C=O) groups is 1. The van der Waals surface area contributed by atoms with Gasteiger partial charge in [0.15, 0.2) is 22.3 Å². The van der Waals surface area contributed by atoms with Crippen molar-refractivity contribution in [1.29, 1.82) is 0 Å². The molecule has 1 saturated heterocycles. The van der Waals surface area contributed by atoms with E-state index in [1.54, 1.807) is 7.11 Å². The molecule has 2 N–H and O–H groups in total. The van der Waals surface area contributed by atoms with Crippen LogP contribution in [0.15, 0.2) is 66.7 Å². The summed E-state index contributed by atoms with van der Waals surface area (Å²) in [4.78, 5) is 15.8. The van der Waals surface area contributed by atoms with Crippen LogP contribution in [-0.4, -0.2) is 23.9 Å². The van der Waals surface area contributed by atoms with Crippen molar-refractivity contribution < 1.29 is 14.3 Å². The van der Waals surface area contributed by atoms with Crippen molar-refractivity contribution in [2.24, 2.45) is 5.92 Å². The lowest BCUT2D eigenvalue weighted by Gasteiger charge is -2.56. The number of anilines is 2. The third-order valence-corrected chi connectivity index (χ3v) is 6.95. The molecular weight excluding hydrogens is 446 g/mol. The van der Waals surface area contributed by atoms with Gasteiger partial charge in [-0.2, -0.15) is 0 Å². The van der Waals surface area contributed by atoms with Gasteiger partial charge in [0.25, 0.3) is 0 Å². The minimum atomic E-state index is -1.10. The van der Waals surface area contributed by atoms with Gasteiger partial charge in [-0.25, -0.2) is 0 Å². The number of carbonyl (C=O) groups excluding carboxylic acids is 1. The third-order valence-electron chi connectivity index (χ3n) is 6.65. The molecule has 2 heterocycles. The normalized spacial score (nSPS) is 22.8. The van der Waals surface area contributed by atoms with Crippen LogP contribution in [0, 0.1) is 19.8 Å². The molecule has 6 nitrogen and oxygen atoms in total. The van der Waals surface area contributed by atoms with Crippen molar-refractivity contribution in [1.82, 2.24) is 5.32 Å². The first kappa shape index (κ1) is 22.2. The monoisotopic (exact) mass is 473 g/mol. The maximum Gasteiger partial charge on any atom is 0.236 e. The van der Waals surface area contributed by atoms with Crippen molar-refractivity contribution in [2.45, 2.75) is 32.5 Å². The summed E-state index contributed by atoms with van der Waals surface area (Å²) in [5.41, 5.74) is 3.51. The molecule has 2 aliphatic heterocycles. The molecule has 0 unspecified atom stereocenters. The number of nitrogens with one attached hydrogen (secondary N) is 2. The molecule has 3 atom stereocenters. The Morgan fingerprint density at radius 2 is 1.88 bits per heavy atom. The number of ether oxygens (including phenoxy) is 2. The highest BCUT2D eigenvalue weighted by molar-refractivity contribution is 7.80. The Bertz CT molecular complexity index is 1280. The minimum Gasteiger partial charge on any atom is -0.493 e. The fourth-order valence-electron chi connectivity index (χ4n) is 5.06. The number of hydrogen-bond acceptors (Lipinski definition) is 4. The topological polar surface area (TPSA) is 62.8 Å². The Morgan fingerprint density at radius 1 is 1.12 bits per heavy atom. The van der Waals surface area contributed by atoms with E-state index in [1.165, 1.54) is 0 Å².